The number of carbonyl (C=O) groups is 1. The van der Waals surface area contributed by atoms with E-state index in [2.05, 4.69) is 5.32 Å². The molecule has 0 aliphatic rings. The molecule has 1 aromatic heterocycles. The lowest BCUT2D eigenvalue weighted by Gasteiger charge is -2.10. The summed E-state index contributed by atoms with van der Waals surface area (Å²) in [6.45, 7) is 2.55. The Hall–Kier alpha value is -2.56. The van der Waals surface area contributed by atoms with Crippen LogP contribution in [0.5, 0.6) is 11.5 Å². The third-order valence-electron chi connectivity index (χ3n) is 2.63. The molecule has 2 rings (SSSR count). The number of ether oxygens (including phenoxy) is 1. The summed E-state index contributed by atoms with van der Waals surface area (Å²) in [4.78, 5) is 12.0. The number of pyridine rings is 1. The van der Waals surface area contributed by atoms with Gasteiger partial charge in [-0.1, -0.05) is 12.1 Å². The number of rotatable bonds is 5. The van der Waals surface area contributed by atoms with Crippen molar-refractivity contribution in [2.24, 2.45) is 0 Å². The molecular weight excluding hydrogens is 256 g/mol. The summed E-state index contributed by atoms with van der Waals surface area (Å²) in [5.74, 6) is 0.576. The molecule has 20 heavy (non-hydrogen) atoms. The summed E-state index contributed by atoms with van der Waals surface area (Å²) in [6, 6.07) is 10.5. The predicted octanol–water partition coefficient (Wildman–Crippen LogP) is 1.72. The van der Waals surface area contributed by atoms with E-state index in [9.17, 15) is 9.90 Å². The second-order valence-electron chi connectivity index (χ2n) is 4.21. The Labute approximate surface area is 117 Å². The highest BCUT2D eigenvalue weighted by atomic mass is 16.5. The summed E-state index contributed by atoms with van der Waals surface area (Å²) >= 11 is 0. The first-order valence-electron chi connectivity index (χ1n) is 6.39. The first-order chi connectivity index (χ1) is 9.69. The van der Waals surface area contributed by atoms with E-state index in [0.29, 0.717) is 18.0 Å². The standard InChI is InChI=1S/C15H16N2O3/c1-2-20-14-8-4-3-7-13(14)16-15(19)11-17-9-5-6-12(18)10-17/h3-10H,2,11H2,1H3,(H-,16,18,19)/p+1. The number of nitrogens with one attached hydrogen (secondary N) is 1. The van der Waals surface area contributed by atoms with E-state index in [1.54, 1.807) is 35.0 Å². The van der Waals surface area contributed by atoms with Crippen molar-refractivity contribution in [2.75, 3.05) is 11.9 Å². The lowest BCUT2D eigenvalue weighted by Crippen LogP contribution is -2.39. The fourth-order valence-corrected chi connectivity index (χ4v) is 1.81. The summed E-state index contributed by atoms with van der Waals surface area (Å²) < 4.78 is 7.05. The Morgan fingerprint density at radius 2 is 2.10 bits per heavy atom. The average Bonchev–Trinajstić information content (AvgIpc) is 2.41. The van der Waals surface area contributed by atoms with Gasteiger partial charge in [0.2, 0.25) is 12.7 Å². The first kappa shape index (κ1) is 13.9. The second kappa shape index (κ2) is 6.56. The molecule has 1 amide bonds. The fourth-order valence-electron chi connectivity index (χ4n) is 1.81. The highest BCUT2D eigenvalue weighted by molar-refractivity contribution is 5.91. The van der Waals surface area contributed by atoms with Crippen molar-refractivity contribution in [2.45, 2.75) is 13.5 Å². The van der Waals surface area contributed by atoms with Crippen molar-refractivity contribution in [3.05, 3.63) is 48.8 Å². The summed E-state index contributed by atoms with van der Waals surface area (Å²) in [5, 5.41) is 12.2. The molecule has 0 atom stereocenters. The van der Waals surface area contributed by atoms with Crippen LogP contribution >= 0.6 is 0 Å². The predicted molar refractivity (Wildman–Crippen MR) is 74.5 cm³/mol. The Balaban J connectivity index is 2.05. The van der Waals surface area contributed by atoms with Gasteiger partial charge in [0.05, 0.1) is 12.3 Å². The van der Waals surface area contributed by atoms with Crippen LogP contribution in [0.2, 0.25) is 0 Å². The third kappa shape index (κ3) is 3.71. The van der Waals surface area contributed by atoms with E-state index >= 15 is 0 Å². The van der Waals surface area contributed by atoms with E-state index < -0.39 is 0 Å². The van der Waals surface area contributed by atoms with Crippen molar-refractivity contribution in [3.63, 3.8) is 0 Å². The van der Waals surface area contributed by atoms with Gasteiger partial charge in [-0.05, 0) is 25.1 Å². The van der Waals surface area contributed by atoms with Crippen molar-refractivity contribution in [1.82, 2.24) is 0 Å². The van der Waals surface area contributed by atoms with Crippen LogP contribution in [-0.2, 0) is 11.3 Å². The number of hydrogen-bond acceptors (Lipinski definition) is 3. The van der Waals surface area contributed by atoms with Gasteiger partial charge in [-0.3, -0.25) is 4.79 Å². The maximum atomic E-state index is 12.0. The number of amides is 1. The molecule has 5 nitrogen and oxygen atoms in total. The van der Waals surface area contributed by atoms with E-state index in [0.717, 1.165) is 0 Å². The number of aromatic hydroxyl groups is 1. The summed E-state index contributed by atoms with van der Waals surface area (Å²) in [6.07, 6.45) is 3.21. The van der Waals surface area contributed by atoms with Gasteiger partial charge in [-0.25, -0.2) is 0 Å². The zero-order chi connectivity index (χ0) is 14.4. The molecule has 104 valence electrons. The molecule has 1 aromatic carbocycles. The Kier molecular flexibility index (Phi) is 4.55. The molecular formula is C15H17N2O3+. The van der Waals surface area contributed by atoms with Gasteiger partial charge in [-0.2, -0.15) is 4.57 Å². The normalized spacial score (nSPS) is 10.1. The fraction of sp³-hybridized carbons (Fsp3) is 0.200. The lowest BCUT2D eigenvalue weighted by molar-refractivity contribution is -0.684. The van der Waals surface area contributed by atoms with Crippen LogP contribution < -0.4 is 14.6 Å². The summed E-state index contributed by atoms with van der Waals surface area (Å²) in [5.41, 5.74) is 0.639. The SMILES string of the molecule is CCOc1ccccc1NC(=O)C[n+]1cccc(O)c1. The number of para-hydroxylation sites is 2. The molecule has 0 aliphatic heterocycles. The van der Waals surface area contributed by atoms with Gasteiger partial charge >= 0.3 is 0 Å². The van der Waals surface area contributed by atoms with E-state index in [1.807, 2.05) is 19.1 Å². The minimum Gasteiger partial charge on any atom is -0.503 e. The van der Waals surface area contributed by atoms with Crippen molar-refractivity contribution in [1.29, 1.82) is 0 Å². The molecule has 0 bridgehead atoms. The molecule has 0 radical (unpaired) electrons. The van der Waals surface area contributed by atoms with Crippen molar-refractivity contribution in [3.8, 4) is 11.5 Å². The van der Waals surface area contributed by atoms with Gasteiger partial charge in [0, 0.05) is 6.07 Å². The minimum atomic E-state index is -0.187. The zero-order valence-electron chi connectivity index (χ0n) is 11.2. The Morgan fingerprint density at radius 3 is 2.85 bits per heavy atom. The Morgan fingerprint density at radius 1 is 1.30 bits per heavy atom. The van der Waals surface area contributed by atoms with Crippen LogP contribution in [0, 0.1) is 0 Å². The molecule has 2 aromatic rings. The van der Waals surface area contributed by atoms with Crippen LogP contribution in [0.25, 0.3) is 0 Å². The molecule has 2 N–H and O–H groups in total. The number of anilines is 1. The monoisotopic (exact) mass is 273 g/mol. The molecule has 0 fully saturated rings. The second-order valence-corrected chi connectivity index (χ2v) is 4.21. The number of nitrogens with zero attached hydrogens (tertiary/aromatic N) is 1. The molecule has 0 spiro atoms. The van der Waals surface area contributed by atoms with Gasteiger partial charge in [0.25, 0.3) is 5.91 Å². The maximum absolute atomic E-state index is 12.0. The smallest absolute Gasteiger partial charge is 0.290 e. The van der Waals surface area contributed by atoms with Crippen LogP contribution in [0.4, 0.5) is 5.69 Å². The van der Waals surface area contributed by atoms with Crippen molar-refractivity contribution >= 4 is 11.6 Å². The topological polar surface area (TPSA) is 62.4 Å². The van der Waals surface area contributed by atoms with Gasteiger partial charge in [-0.15, -0.1) is 0 Å². The van der Waals surface area contributed by atoms with Crippen LogP contribution in [0.3, 0.4) is 0 Å². The number of hydrogen-bond donors (Lipinski definition) is 2. The summed E-state index contributed by atoms with van der Waals surface area (Å²) in [7, 11) is 0. The molecule has 0 aliphatic carbocycles. The highest BCUT2D eigenvalue weighted by Gasteiger charge is 2.12. The minimum absolute atomic E-state index is 0.120. The van der Waals surface area contributed by atoms with Gasteiger partial charge in [0.15, 0.2) is 11.9 Å². The molecule has 0 saturated carbocycles. The molecule has 5 heteroatoms. The first-order valence-corrected chi connectivity index (χ1v) is 6.39. The quantitative estimate of drug-likeness (QED) is 0.815. The maximum Gasteiger partial charge on any atom is 0.290 e. The van der Waals surface area contributed by atoms with Gasteiger partial charge < -0.3 is 15.2 Å². The highest BCUT2D eigenvalue weighted by Crippen LogP contribution is 2.23. The number of benzene rings is 1. The number of carbonyl (C=O) groups excluding carboxylic acids is 1. The van der Waals surface area contributed by atoms with E-state index in [4.69, 9.17) is 4.74 Å². The zero-order valence-corrected chi connectivity index (χ0v) is 11.2. The molecule has 0 saturated heterocycles. The largest absolute Gasteiger partial charge is 0.503 e. The van der Waals surface area contributed by atoms with Crippen LogP contribution in [-0.4, -0.2) is 17.6 Å². The van der Waals surface area contributed by atoms with Crippen LogP contribution in [0.1, 0.15) is 6.92 Å². The van der Waals surface area contributed by atoms with Crippen LogP contribution in [0.15, 0.2) is 48.8 Å². The average molecular weight is 273 g/mol. The van der Waals surface area contributed by atoms with E-state index in [-0.39, 0.29) is 18.2 Å². The Bertz CT molecular complexity index is 599. The van der Waals surface area contributed by atoms with Gasteiger partial charge in [0.1, 0.15) is 5.75 Å². The molecule has 0 unspecified atom stereocenters. The van der Waals surface area contributed by atoms with Crippen molar-refractivity contribution < 1.29 is 19.2 Å². The number of aromatic nitrogens is 1. The molecule has 1 heterocycles. The lowest BCUT2D eigenvalue weighted by atomic mass is 10.3. The third-order valence-corrected chi connectivity index (χ3v) is 2.63. The van der Waals surface area contributed by atoms with E-state index in [1.165, 1.54) is 6.20 Å².